The van der Waals surface area contributed by atoms with Gasteiger partial charge in [0, 0.05) is 10.0 Å². The summed E-state index contributed by atoms with van der Waals surface area (Å²) in [6.45, 7) is 2.31. The third kappa shape index (κ3) is 2.63. The zero-order valence-electron chi connectivity index (χ0n) is 7.29. The lowest BCUT2D eigenvalue weighted by Crippen LogP contribution is -1.99. The van der Waals surface area contributed by atoms with Gasteiger partial charge in [-0.2, -0.15) is 0 Å². The highest BCUT2D eigenvalue weighted by molar-refractivity contribution is 6.63. The van der Waals surface area contributed by atoms with Crippen LogP contribution in [-0.2, 0) is 4.79 Å². The van der Waals surface area contributed by atoms with E-state index >= 15 is 0 Å². The Morgan fingerprint density at radius 1 is 2.29 bits per heavy atom. The molecule has 0 aliphatic carbocycles. The molecule has 0 heterocycles. The first kappa shape index (κ1) is 3.08. The molecule has 0 unspecified atom stereocenters. The number of rotatable bonds is 2. The standard InChI is InChI=1S/C5H9ClO/c1-3-4(2)5(6)7/h4H,3H2,1-2H3/t4-/m1/s1/i3D2,4D. The molecule has 0 aliphatic heterocycles. The van der Waals surface area contributed by atoms with E-state index in [-0.39, 0.29) is 0 Å². The van der Waals surface area contributed by atoms with E-state index in [0.717, 1.165) is 13.8 Å². The van der Waals surface area contributed by atoms with Crippen molar-refractivity contribution in [2.75, 3.05) is 0 Å². The van der Waals surface area contributed by atoms with Crippen LogP contribution >= 0.6 is 11.6 Å². The highest BCUT2D eigenvalue weighted by atomic mass is 35.5. The van der Waals surface area contributed by atoms with Crippen molar-refractivity contribution in [2.24, 2.45) is 5.89 Å². The maximum Gasteiger partial charge on any atom is 0.224 e. The number of hydrogen-bond donors (Lipinski definition) is 0. The van der Waals surface area contributed by atoms with Gasteiger partial charge in [0.1, 0.15) is 0 Å². The summed E-state index contributed by atoms with van der Waals surface area (Å²) >= 11 is 4.99. The van der Waals surface area contributed by atoms with Gasteiger partial charge in [-0.15, -0.1) is 0 Å². The zero-order valence-corrected chi connectivity index (χ0v) is 5.04. The quantitative estimate of drug-likeness (QED) is 0.512. The SMILES string of the molecule is [2H]C([2H])(C)[C@@]([2H])(C)C(=O)Cl. The van der Waals surface area contributed by atoms with Crippen molar-refractivity contribution < 1.29 is 8.91 Å². The van der Waals surface area contributed by atoms with E-state index in [9.17, 15) is 4.79 Å². The van der Waals surface area contributed by atoms with Gasteiger partial charge in [0.2, 0.25) is 5.24 Å². The molecule has 0 N–H and O–H groups in total. The topological polar surface area (TPSA) is 17.1 Å². The summed E-state index contributed by atoms with van der Waals surface area (Å²) in [5, 5.41) is -0.972. The van der Waals surface area contributed by atoms with Crippen LogP contribution in [0.25, 0.3) is 0 Å². The summed E-state index contributed by atoms with van der Waals surface area (Å²) < 4.78 is 21.3. The van der Waals surface area contributed by atoms with Gasteiger partial charge in [-0.25, -0.2) is 0 Å². The summed E-state index contributed by atoms with van der Waals surface area (Å²) in [6.07, 6.45) is -1.90. The lowest BCUT2D eigenvalue weighted by molar-refractivity contribution is -0.114. The van der Waals surface area contributed by atoms with E-state index in [4.69, 9.17) is 15.7 Å². The molecule has 0 saturated heterocycles. The molecule has 0 rings (SSSR count). The van der Waals surface area contributed by atoms with Gasteiger partial charge in [-0.05, 0) is 18.0 Å². The predicted molar refractivity (Wildman–Crippen MR) is 30.3 cm³/mol. The van der Waals surface area contributed by atoms with E-state index in [1.165, 1.54) is 0 Å². The smallest absolute Gasteiger partial charge is 0.224 e. The minimum atomic E-state index is -1.90. The number of carbonyl (C=O) groups is 1. The first-order chi connectivity index (χ1) is 4.19. The van der Waals surface area contributed by atoms with Crippen LogP contribution in [0.3, 0.4) is 0 Å². The lowest BCUT2D eigenvalue weighted by Gasteiger charge is -1.95. The van der Waals surface area contributed by atoms with E-state index in [2.05, 4.69) is 0 Å². The summed E-state index contributed by atoms with van der Waals surface area (Å²) in [4.78, 5) is 10.5. The van der Waals surface area contributed by atoms with Crippen LogP contribution in [0.15, 0.2) is 0 Å². The van der Waals surface area contributed by atoms with Gasteiger partial charge in [-0.3, -0.25) is 4.79 Å². The molecule has 0 fully saturated rings. The highest BCUT2D eigenvalue weighted by Gasteiger charge is 2.04. The Morgan fingerprint density at radius 3 is 2.71 bits per heavy atom. The van der Waals surface area contributed by atoms with Gasteiger partial charge in [0.05, 0.1) is 0 Å². The second kappa shape index (κ2) is 3.03. The summed E-state index contributed by atoms with van der Waals surface area (Å²) in [5.41, 5.74) is 0. The third-order valence-electron chi connectivity index (χ3n) is 0.670. The fourth-order valence-corrected chi connectivity index (χ4v) is 0.193. The molecule has 42 valence electrons. The lowest BCUT2D eigenvalue weighted by atomic mass is 10.1. The van der Waals surface area contributed by atoms with Crippen molar-refractivity contribution in [3.63, 3.8) is 0 Å². The van der Waals surface area contributed by atoms with Gasteiger partial charge in [0.15, 0.2) is 0 Å². The predicted octanol–water partition coefficient (Wildman–Crippen LogP) is 1.80. The molecule has 2 heteroatoms. The van der Waals surface area contributed by atoms with Crippen molar-refractivity contribution in [3.8, 4) is 0 Å². The van der Waals surface area contributed by atoms with Crippen LogP contribution in [0.5, 0.6) is 0 Å². The fourth-order valence-electron chi connectivity index (χ4n) is 0.0983. The summed E-state index contributed by atoms with van der Waals surface area (Å²) in [7, 11) is 0. The average Bonchev–Trinajstić information content (AvgIpc) is 1.62. The molecule has 0 saturated carbocycles. The Kier molecular flexibility index (Phi) is 1.33. The average molecular weight is 124 g/mol. The van der Waals surface area contributed by atoms with Gasteiger partial charge in [-0.1, -0.05) is 13.8 Å². The second-order valence-corrected chi connectivity index (χ2v) is 1.49. The normalized spacial score (nSPS) is 26.4. The Bertz CT molecular complexity index is 149. The van der Waals surface area contributed by atoms with E-state index in [0.29, 0.717) is 0 Å². The summed E-state index contributed by atoms with van der Waals surface area (Å²) in [6, 6.07) is 0. The molecule has 0 amide bonds. The van der Waals surface area contributed by atoms with Crippen LogP contribution in [0.1, 0.15) is 24.3 Å². The Morgan fingerprint density at radius 2 is 2.71 bits per heavy atom. The summed E-state index contributed by atoms with van der Waals surface area (Å²) in [5.74, 6) is -1.85. The van der Waals surface area contributed by atoms with Crippen molar-refractivity contribution in [1.29, 1.82) is 0 Å². The molecular formula is C5H9ClO. The van der Waals surface area contributed by atoms with Gasteiger partial charge < -0.3 is 0 Å². The highest BCUT2D eigenvalue weighted by Crippen LogP contribution is 2.03. The minimum absolute atomic E-state index is 0.972. The van der Waals surface area contributed by atoms with Crippen molar-refractivity contribution in [1.82, 2.24) is 0 Å². The number of hydrogen-bond acceptors (Lipinski definition) is 1. The second-order valence-electron chi connectivity index (χ2n) is 1.15. The van der Waals surface area contributed by atoms with Crippen LogP contribution in [0, 0.1) is 5.89 Å². The van der Waals surface area contributed by atoms with Crippen LogP contribution in [0.4, 0.5) is 0 Å². The minimum Gasteiger partial charge on any atom is -0.281 e. The zero-order chi connectivity index (χ0) is 8.58. The molecule has 1 nitrogen and oxygen atoms in total. The first-order valence-corrected chi connectivity index (χ1v) is 2.27. The molecule has 7 heavy (non-hydrogen) atoms. The molecule has 0 spiro atoms. The van der Waals surface area contributed by atoms with Crippen LogP contribution in [0.2, 0.25) is 0 Å². The van der Waals surface area contributed by atoms with E-state index < -0.39 is 17.5 Å². The maximum absolute atomic E-state index is 10.5. The van der Waals surface area contributed by atoms with Crippen molar-refractivity contribution in [3.05, 3.63) is 0 Å². The largest absolute Gasteiger partial charge is 0.281 e. The van der Waals surface area contributed by atoms with Crippen molar-refractivity contribution in [2.45, 2.75) is 20.2 Å². The number of halogens is 1. The Labute approximate surface area is 52.9 Å². The molecule has 0 aromatic heterocycles. The Balaban J connectivity index is 4.57. The van der Waals surface area contributed by atoms with Crippen LogP contribution < -0.4 is 0 Å². The molecule has 1 atom stereocenters. The van der Waals surface area contributed by atoms with Crippen molar-refractivity contribution >= 4 is 16.8 Å². The van der Waals surface area contributed by atoms with Gasteiger partial charge >= 0.3 is 0 Å². The van der Waals surface area contributed by atoms with Gasteiger partial charge in [0.25, 0.3) is 0 Å². The maximum atomic E-state index is 10.5. The third-order valence-corrected chi connectivity index (χ3v) is 0.953. The fraction of sp³-hybridized carbons (Fsp3) is 0.800. The molecule has 0 radical (unpaired) electrons. The molecule has 0 aromatic rings. The molecule has 0 bridgehead atoms. The number of carbonyl (C=O) groups excluding carboxylic acids is 1. The molecule has 0 aromatic carbocycles. The van der Waals surface area contributed by atoms with Crippen LogP contribution in [-0.4, -0.2) is 5.24 Å². The van der Waals surface area contributed by atoms with E-state index in [1.54, 1.807) is 0 Å². The monoisotopic (exact) mass is 123 g/mol. The molecular weight excluding hydrogens is 112 g/mol. The van der Waals surface area contributed by atoms with E-state index in [1.807, 2.05) is 0 Å². The molecule has 0 aliphatic rings. The first-order valence-electron chi connectivity index (χ1n) is 3.39. The Hall–Kier alpha value is -0.0400.